The number of alkyl carbamates (subject to hydrolysis) is 1. The average Bonchev–Trinajstić information content (AvgIpc) is 2.26. The molecule has 0 saturated heterocycles. The van der Waals surface area contributed by atoms with E-state index in [1.54, 1.807) is 0 Å². The average molecular weight is 233 g/mol. The molecular weight excluding hydrogens is 214 g/mol. The molecule has 7 nitrogen and oxygen atoms in total. The van der Waals surface area contributed by atoms with Gasteiger partial charge in [-0.15, -0.1) is 0 Å². The third-order valence-corrected chi connectivity index (χ3v) is 1.80. The molecule has 5 N–H and O–H groups in total. The van der Waals surface area contributed by atoms with Gasteiger partial charge in [-0.25, -0.2) is 10.6 Å². The molecule has 0 heterocycles. The van der Waals surface area contributed by atoms with E-state index in [1.165, 1.54) is 0 Å². The molecule has 0 aliphatic heterocycles. The van der Waals surface area contributed by atoms with Crippen LogP contribution >= 0.6 is 0 Å². The molecule has 16 heavy (non-hydrogen) atoms. The Bertz CT molecular complexity index is 223. The van der Waals surface area contributed by atoms with Crippen LogP contribution in [0.3, 0.4) is 0 Å². The number of aliphatic hydroxyl groups excluding tert-OH is 1. The molecule has 7 heteroatoms. The molecule has 0 aromatic heterocycles. The van der Waals surface area contributed by atoms with E-state index in [0.29, 0.717) is 6.61 Å². The number of carbonyl (C=O) groups is 2. The first kappa shape index (κ1) is 14.7. The summed E-state index contributed by atoms with van der Waals surface area (Å²) in [4.78, 5) is 21.7. The zero-order valence-electron chi connectivity index (χ0n) is 9.36. The number of hydrazine groups is 1. The number of unbranched alkanes of at least 4 members (excludes halogenated alkanes) is 1. The predicted molar refractivity (Wildman–Crippen MR) is 57.2 cm³/mol. The predicted octanol–water partition coefficient (Wildman–Crippen LogP) is -0.746. The van der Waals surface area contributed by atoms with Crippen LogP contribution < -0.4 is 16.6 Å². The topological polar surface area (TPSA) is 114 Å². The number of carbonyl (C=O) groups excluding carboxylic acids is 2. The number of hydrogen-bond acceptors (Lipinski definition) is 5. The van der Waals surface area contributed by atoms with E-state index in [-0.39, 0.29) is 13.0 Å². The van der Waals surface area contributed by atoms with Crippen LogP contribution in [0.25, 0.3) is 0 Å². The van der Waals surface area contributed by atoms with E-state index in [9.17, 15) is 14.7 Å². The van der Waals surface area contributed by atoms with Crippen LogP contribution in [0.15, 0.2) is 0 Å². The highest BCUT2D eigenvalue weighted by atomic mass is 16.5. The van der Waals surface area contributed by atoms with Gasteiger partial charge in [0.05, 0.1) is 19.1 Å². The van der Waals surface area contributed by atoms with Crippen LogP contribution in [0.4, 0.5) is 4.79 Å². The molecule has 0 aromatic rings. The number of nitrogens with one attached hydrogen (secondary N) is 2. The molecule has 0 rings (SSSR count). The van der Waals surface area contributed by atoms with Crippen LogP contribution in [0.5, 0.6) is 0 Å². The second kappa shape index (κ2) is 8.93. The van der Waals surface area contributed by atoms with Crippen molar-refractivity contribution in [2.24, 2.45) is 5.84 Å². The fourth-order valence-corrected chi connectivity index (χ4v) is 0.906. The first-order chi connectivity index (χ1) is 7.60. The van der Waals surface area contributed by atoms with Crippen molar-refractivity contribution in [2.75, 3.05) is 13.2 Å². The second-order valence-corrected chi connectivity index (χ2v) is 3.30. The van der Waals surface area contributed by atoms with Gasteiger partial charge in [-0.1, -0.05) is 13.3 Å². The molecule has 0 unspecified atom stereocenters. The van der Waals surface area contributed by atoms with Crippen molar-refractivity contribution in [3.05, 3.63) is 0 Å². The van der Waals surface area contributed by atoms with Crippen molar-refractivity contribution >= 4 is 12.0 Å². The summed E-state index contributed by atoms with van der Waals surface area (Å²) in [5, 5.41) is 11.6. The monoisotopic (exact) mass is 233 g/mol. The number of rotatable bonds is 7. The maximum Gasteiger partial charge on any atom is 0.407 e. The van der Waals surface area contributed by atoms with Gasteiger partial charge in [0, 0.05) is 6.54 Å². The lowest BCUT2D eigenvalue weighted by Crippen LogP contribution is -2.38. The summed E-state index contributed by atoms with van der Waals surface area (Å²) >= 11 is 0. The summed E-state index contributed by atoms with van der Waals surface area (Å²) in [7, 11) is 0. The molecule has 0 saturated carbocycles. The Morgan fingerprint density at radius 2 is 2.19 bits per heavy atom. The minimum Gasteiger partial charge on any atom is -0.450 e. The van der Waals surface area contributed by atoms with Crippen molar-refractivity contribution in [3.63, 3.8) is 0 Å². The number of ether oxygens (including phenoxy) is 1. The Kier molecular flexibility index (Phi) is 8.18. The van der Waals surface area contributed by atoms with Gasteiger partial charge in [0.2, 0.25) is 5.91 Å². The Morgan fingerprint density at radius 1 is 1.50 bits per heavy atom. The van der Waals surface area contributed by atoms with Gasteiger partial charge >= 0.3 is 6.09 Å². The highest BCUT2D eigenvalue weighted by Crippen LogP contribution is 1.91. The van der Waals surface area contributed by atoms with Crippen molar-refractivity contribution < 1.29 is 19.4 Å². The van der Waals surface area contributed by atoms with Gasteiger partial charge in [0.1, 0.15) is 0 Å². The van der Waals surface area contributed by atoms with Crippen molar-refractivity contribution in [3.8, 4) is 0 Å². The lowest BCUT2D eigenvalue weighted by atomic mass is 10.2. The molecule has 0 aliphatic carbocycles. The van der Waals surface area contributed by atoms with Crippen molar-refractivity contribution in [2.45, 2.75) is 32.3 Å². The molecule has 0 aliphatic rings. The first-order valence-electron chi connectivity index (χ1n) is 5.18. The third-order valence-electron chi connectivity index (χ3n) is 1.80. The van der Waals surface area contributed by atoms with E-state index in [2.05, 4.69) is 5.32 Å². The van der Waals surface area contributed by atoms with E-state index < -0.39 is 18.1 Å². The van der Waals surface area contributed by atoms with E-state index in [1.807, 2.05) is 12.3 Å². The SMILES string of the molecule is CCCCOC(=O)NC[C@H](O)CC(=O)NN. The second-order valence-electron chi connectivity index (χ2n) is 3.30. The summed E-state index contributed by atoms with van der Waals surface area (Å²) in [6, 6.07) is 0. The quantitative estimate of drug-likeness (QED) is 0.200. The Labute approximate surface area is 94.3 Å². The maximum atomic E-state index is 11.0. The zero-order valence-corrected chi connectivity index (χ0v) is 9.36. The molecule has 0 spiro atoms. The van der Waals surface area contributed by atoms with Crippen molar-refractivity contribution in [1.29, 1.82) is 0 Å². The summed E-state index contributed by atoms with van der Waals surface area (Å²) in [5.41, 5.74) is 1.88. The summed E-state index contributed by atoms with van der Waals surface area (Å²) in [6.07, 6.45) is 0.00655. The smallest absolute Gasteiger partial charge is 0.407 e. The highest BCUT2D eigenvalue weighted by molar-refractivity contribution is 5.75. The van der Waals surface area contributed by atoms with Gasteiger partial charge in [0.25, 0.3) is 0 Å². The molecule has 0 radical (unpaired) electrons. The number of nitrogens with two attached hydrogens (primary N) is 1. The van der Waals surface area contributed by atoms with Crippen LogP contribution in [-0.4, -0.2) is 36.4 Å². The fraction of sp³-hybridized carbons (Fsp3) is 0.778. The summed E-state index contributed by atoms with van der Waals surface area (Å²) < 4.78 is 4.78. The Morgan fingerprint density at radius 3 is 2.75 bits per heavy atom. The van der Waals surface area contributed by atoms with Gasteiger partial charge in [-0.2, -0.15) is 0 Å². The van der Waals surface area contributed by atoms with Crippen molar-refractivity contribution in [1.82, 2.24) is 10.7 Å². The van der Waals surface area contributed by atoms with Crippen LogP contribution in [-0.2, 0) is 9.53 Å². The third kappa shape index (κ3) is 8.01. The molecule has 0 fully saturated rings. The maximum absolute atomic E-state index is 11.0. The van der Waals surface area contributed by atoms with Crippen LogP contribution in [0.1, 0.15) is 26.2 Å². The molecule has 0 bridgehead atoms. The van der Waals surface area contributed by atoms with Crippen LogP contribution in [0, 0.1) is 0 Å². The van der Waals surface area contributed by atoms with Gasteiger partial charge in [-0.05, 0) is 6.42 Å². The number of amides is 2. The molecule has 1 atom stereocenters. The molecule has 2 amide bonds. The fourth-order valence-electron chi connectivity index (χ4n) is 0.906. The normalized spacial score (nSPS) is 11.7. The minimum absolute atomic E-state index is 0.0433. The summed E-state index contributed by atoms with van der Waals surface area (Å²) in [6.45, 7) is 2.29. The lowest BCUT2D eigenvalue weighted by molar-refractivity contribution is -0.123. The minimum atomic E-state index is -0.970. The molecule has 94 valence electrons. The Hall–Kier alpha value is -1.34. The lowest BCUT2D eigenvalue weighted by Gasteiger charge is -2.11. The van der Waals surface area contributed by atoms with Gasteiger partial charge in [0.15, 0.2) is 0 Å². The number of hydrogen-bond donors (Lipinski definition) is 4. The highest BCUT2D eigenvalue weighted by Gasteiger charge is 2.11. The van der Waals surface area contributed by atoms with Crippen LogP contribution in [0.2, 0.25) is 0 Å². The van der Waals surface area contributed by atoms with E-state index in [0.717, 1.165) is 12.8 Å². The zero-order chi connectivity index (χ0) is 12.4. The summed E-state index contributed by atoms with van der Waals surface area (Å²) in [5.74, 6) is 4.34. The largest absolute Gasteiger partial charge is 0.450 e. The van der Waals surface area contributed by atoms with Gasteiger partial charge in [-0.3, -0.25) is 10.2 Å². The number of aliphatic hydroxyl groups is 1. The Balaban J connectivity index is 3.54. The standard InChI is InChI=1S/C9H19N3O4/c1-2-3-4-16-9(15)11-6-7(13)5-8(14)12-10/h7,13H,2-6,10H2,1H3,(H,11,15)(H,12,14)/t7-/m1/s1. The van der Waals surface area contributed by atoms with E-state index in [4.69, 9.17) is 10.6 Å². The molecular formula is C9H19N3O4. The molecule has 0 aromatic carbocycles. The van der Waals surface area contributed by atoms with E-state index >= 15 is 0 Å². The van der Waals surface area contributed by atoms with Gasteiger partial charge < -0.3 is 15.2 Å². The first-order valence-corrected chi connectivity index (χ1v) is 5.18.